The van der Waals surface area contributed by atoms with Gasteiger partial charge in [0.1, 0.15) is 5.82 Å². The molecule has 0 saturated carbocycles. The second-order valence-corrected chi connectivity index (χ2v) is 7.33. The summed E-state index contributed by atoms with van der Waals surface area (Å²) in [5.41, 5.74) is -0.580. The van der Waals surface area contributed by atoms with Crippen LogP contribution in [0.25, 0.3) is 0 Å². The summed E-state index contributed by atoms with van der Waals surface area (Å²) in [6.45, 7) is 0.433. The molecule has 0 spiro atoms. The highest BCUT2D eigenvalue weighted by atomic mass is 32.2. The number of hydrogen-bond acceptors (Lipinski definition) is 5. The lowest BCUT2D eigenvalue weighted by atomic mass is 9.97. The number of rotatable bonds is 4. The Morgan fingerprint density at radius 2 is 2.00 bits per heavy atom. The molecule has 126 valence electrons. The van der Waals surface area contributed by atoms with Crippen LogP contribution in [0.2, 0.25) is 0 Å². The lowest BCUT2D eigenvalue weighted by Gasteiger charge is -2.29. The van der Waals surface area contributed by atoms with Crippen LogP contribution in [-0.2, 0) is 14.8 Å². The number of non-ortho nitro benzene ring substituents is 1. The van der Waals surface area contributed by atoms with Gasteiger partial charge in [0.25, 0.3) is 5.69 Å². The number of sulfonamides is 1. The molecular weight excluding hydrogens is 329 g/mol. The SMILES string of the molecule is CS(=O)(=O)N1CCC(C(=O)Nc2cc([N+](=O)[O-])ccc2F)CC1. The number of piperidine rings is 1. The molecule has 1 aliphatic heterocycles. The summed E-state index contributed by atoms with van der Waals surface area (Å²) in [7, 11) is -3.29. The number of halogens is 1. The molecule has 0 atom stereocenters. The molecule has 1 N–H and O–H groups in total. The van der Waals surface area contributed by atoms with E-state index >= 15 is 0 Å². The number of hydrogen-bond donors (Lipinski definition) is 1. The summed E-state index contributed by atoms with van der Waals surface area (Å²) >= 11 is 0. The number of anilines is 1. The van der Waals surface area contributed by atoms with E-state index in [1.165, 1.54) is 4.31 Å². The van der Waals surface area contributed by atoms with Gasteiger partial charge in [-0.3, -0.25) is 14.9 Å². The van der Waals surface area contributed by atoms with E-state index in [2.05, 4.69) is 5.32 Å². The Morgan fingerprint density at radius 1 is 1.39 bits per heavy atom. The summed E-state index contributed by atoms with van der Waals surface area (Å²) in [6.07, 6.45) is 1.73. The monoisotopic (exact) mass is 345 g/mol. The highest BCUT2D eigenvalue weighted by molar-refractivity contribution is 7.88. The van der Waals surface area contributed by atoms with Gasteiger partial charge in [0, 0.05) is 31.1 Å². The van der Waals surface area contributed by atoms with Gasteiger partial charge in [0.15, 0.2) is 0 Å². The zero-order valence-electron chi connectivity index (χ0n) is 12.4. The van der Waals surface area contributed by atoms with Crippen LogP contribution in [0.5, 0.6) is 0 Å². The fourth-order valence-corrected chi connectivity index (χ4v) is 3.28. The van der Waals surface area contributed by atoms with Crippen LogP contribution in [0, 0.1) is 21.8 Å². The molecule has 1 aromatic carbocycles. The molecule has 0 aliphatic carbocycles. The van der Waals surface area contributed by atoms with Gasteiger partial charge in [0.05, 0.1) is 16.9 Å². The Morgan fingerprint density at radius 3 is 2.52 bits per heavy atom. The highest BCUT2D eigenvalue weighted by Gasteiger charge is 2.29. The average Bonchev–Trinajstić information content (AvgIpc) is 2.48. The largest absolute Gasteiger partial charge is 0.323 e. The first-order chi connectivity index (χ1) is 10.7. The van der Waals surface area contributed by atoms with E-state index in [-0.39, 0.29) is 24.5 Å². The number of nitro benzene ring substituents is 1. The van der Waals surface area contributed by atoms with Crippen LogP contribution in [0.4, 0.5) is 15.8 Å². The molecule has 1 aliphatic rings. The molecule has 1 heterocycles. The van der Waals surface area contributed by atoms with Crippen LogP contribution >= 0.6 is 0 Å². The Bertz CT molecular complexity index is 729. The molecule has 0 radical (unpaired) electrons. The van der Waals surface area contributed by atoms with E-state index in [9.17, 15) is 27.7 Å². The van der Waals surface area contributed by atoms with Crippen molar-refractivity contribution in [3.8, 4) is 0 Å². The minimum absolute atomic E-state index is 0.217. The van der Waals surface area contributed by atoms with Gasteiger partial charge in [-0.2, -0.15) is 0 Å². The molecular formula is C13H16FN3O5S. The molecule has 0 unspecified atom stereocenters. The first kappa shape index (κ1) is 17.3. The second-order valence-electron chi connectivity index (χ2n) is 5.35. The molecule has 1 aromatic rings. The second kappa shape index (κ2) is 6.59. The van der Waals surface area contributed by atoms with Crippen molar-refractivity contribution in [2.45, 2.75) is 12.8 Å². The van der Waals surface area contributed by atoms with E-state index in [1.807, 2.05) is 0 Å². The number of nitrogens with one attached hydrogen (secondary N) is 1. The molecule has 1 amide bonds. The Labute approximate surface area is 132 Å². The molecule has 2 rings (SSSR count). The molecule has 1 fully saturated rings. The third kappa shape index (κ3) is 4.23. The van der Waals surface area contributed by atoms with Crippen LogP contribution in [0.3, 0.4) is 0 Å². The van der Waals surface area contributed by atoms with Crippen molar-refractivity contribution in [1.29, 1.82) is 0 Å². The molecule has 0 aromatic heterocycles. The number of benzene rings is 1. The van der Waals surface area contributed by atoms with Gasteiger partial charge in [0.2, 0.25) is 15.9 Å². The first-order valence-corrected chi connectivity index (χ1v) is 8.73. The van der Waals surface area contributed by atoms with Crippen molar-refractivity contribution in [1.82, 2.24) is 4.31 Å². The maximum absolute atomic E-state index is 13.7. The van der Waals surface area contributed by atoms with Gasteiger partial charge in [-0.1, -0.05) is 0 Å². The van der Waals surface area contributed by atoms with Crippen LogP contribution in [0.1, 0.15) is 12.8 Å². The fourth-order valence-electron chi connectivity index (χ4n) is 2.41. The van der Waals surface area contributed by atoms with Gasteiger partial charge >= 0.3 is 0 Å². The van der Waals surface area contributed by atoms with Crippen molar-refractivity contribution >= 4 is 27.3 Å². The van der Waals surface area contributed by atoms with Gasteiger partial charge in [-0.05, 0) is 18.9 Å². The zero-order valence-corrected chi connectivity index (χ0v) is 13.2. The Hall–Kier alpha value is -2.07. The molecule has 0 bridgehead atoms. The highest BCUT2D eigenvalue weighted by Crippen LogP contribution is 2.24. The number of nitro groups is 1. The summed E-state index contributed by atoms with van der Waals surface area (Å²) in [4.78, 5) is 22.2. The van der Waals surface area contributed by atoms with E-state index in [0.29, 0.717) is 12.8 Å². The Balaban J connectivity index is 2.03. The molecule has 8 nitrogen and oxygen atoms in total. The Kier molecular flexibility index (Phi) is 4.95. The lowest BCUT2D eigenvalue weighted by molar-refractivity contribution is -0.384. The average molecular weight is 345 g/mol. The number of nitrogens with zero attached hydrogens (tertiary/aromatic N) is 2. The minimum Gasteiger partial charge on any atom is -0.323 e. The third-order valence-corrected chi connectivity index (χ3v) is 5.02. The van der Waals surface area contributed by atoms with Crippen LogP contribution in [-0.4, -0.2) is 42.9 Å². The smallest absolute Gasteiger partial charge is 0.271 e. The van der Waals surface area contributed by atoms with Gasteiger partial charge < -0.3 is 5.32 Å². The quantitative estimate of drug-likeness (QED) is 0.654. The van der Waals surface area contributed by atoms with Gasteiger partial charge in [-0.15, -0.1) is 0 Å². The van der Waals surface area contributed by atoms with E-state index in [0.717, 1.165) is 24.5 Å². The van der Waals surface area contributed by atoms with Crippen molar-refractivity contribution in [3.05, 3.63) is 34.1 Å². The lowest BCUT2D eigenvalue weighted by Crippen LogP contribution is -2.40. The molecule has 23 heavy (non-hydrogen) atoms. The van der Waals surface area contributed by atoms with E-state index in [4.69, 9.17) is 0 Å². The molecule has 10 heteroatoms. The van der Waals surface area contributed by atoms with Crippen molar-refractivity contribution in [2.75, 3.05) is 24.7 Å². The van der Waals surface area contributed by atoms with Crippen molar-refractivity contribution in [3.63, 3.8) is 0 Å². The van der Waals surface area contributed by atoms with Crippen molar-refractivity contribution < 1.29 is 22.5 Å². The predicted molar refractivity (Wildman–Crippen MR) is 80.8 cm³/mol. The topological polar surface area (TPSA) is 110 Å². The van der Waals surface area contributed by atoms with Crippen LogP contribution in [0.15, 0.2) is 18.2 Å². The summed E-state index contributed by atoms with van der Waals surface area (Å²) in [5, 5.41) is 13.0. The normalized spacial score (nSPS) is 17.0. The summed E-state index contributed by atoms with van der Waals surface area (Å²) < 4.78 is 37.8. The number of carbonyl (C=O) groups excluding carboxylic acids is 1. The zero-order chi connectivity index (χ0) is 17.2. The predicted octanol–water partition coefficient (Wildman–Crippen LogP) is 1.34. The van der Waals surface area contributed by atoms with Gasteiger partial charge in [-0.25, -0.2) is 17.1 Å². The van der Waals surface area contributed by atoms with E-state index < -0.39 is 32.6 Å². The first-order valence-electron chi connectivity index (χ1n) is 6.88. The number of carbonyl (C=O) groups is 1. The maximum Gasteiger partial charge on any atom is 0.271 e. The maximum atomic E-state index is 13.7. The van der Waals surface area contributed by atoms with E-state index in [1.54, 1.807) is 0 Å². The number of amides is 1. The minimum atomic E-state index is -3.29. The third-order valence-electron chi connectivity index (χ3n) is 3.71. The summed E-state index contributed by atoms with van der Waals surface area (Å²) in [5.74, 6) is -1.71. The standard InChI is InChI=1S/C13H16FN3O5S/c1-23(21,22)16-6-4-9(5-7-16)13(18)15-12-8-10(17(19)20)2-3-11(12)14/h2-3,8-9H,4-7H2,1H3,(H,15,18). The summed E-state index contributed by atoms with van der Waals surface area (Å²) in [6, 6.07) is 2.88. The molecule has 1 saturated heterocycles. The van der Waals surface area contributed by atoms with Crippen molar-refractivity contribution in [2.24, 2.45) is 5.92 Å². The van der Waals surface area contributed by atoms with Crippen LogP contribution < -0.4 is 5.32 Å². The fraction of sp³-hybridized carbons (Fsp3) is 0.462.